The maximum Gasteiger partial charge on any atom is 0.412 e. The van der Waals surface area contributed by atoms with Crippen molar-refractivity contribution in [3.05, 3.63) is 29.8 Å². The molecule has 2 rings (SSSR count). The number of hydrogen-bond donors (Lipinski definition) is 2. The standard InChI is InChI=1S/C13H18N2O2/c14-9-8-10-4-6-12(7-5-10)17-13(16)15-11-2-1-3-11/h4-7,11H,1-3,8-9,14H2,(H,15,16). The van der Waals surface area contributed by atoms with Gasteiger partial charge in [-0.2, -0.15) is 0 Å². The van der Waals surface area contributed by atoms with Gasteiger partial charge in [0.2, 0.25) is 0 Å². The van der Waals surface area contributed by atoms with Gasteiger partial charge in [0.05, 0.1) is 0 Å². The highest BCUT2D eigenvalue weighted by Gasteiger charge is 2.20. The Morgan fingerprint density at radius 2 is 2.06 bits per heavy atom. The minimum absolute atomic E-state index is 0.305. The average Bonchev–Trinajstić information content (AvgIpc) is 2.27. The summed E-state index contributed by atoms with van der Waals surface area (Å²) in [4.78, 5) is 11.5. The molecule has 0 unspecified atom stereocenters. The van der Waals surface area contributed by atoms with Crippen LogP contribution in [0.3, 0.4) is 0 Å². The summed E-state index contributed by atoms with van der Waals surface area (Å²) in [7, 11) is 0. The number of carbonyl (C=O) groups is 1. The van der Waals surface area contributed by atoms with Gasteiger partial charge in [0.25, 0.3) is 0 Å². The first-order valence-corrected chi connectivity index (χ1v) is 6.05. The van der Waals surface area contributed by atoms with E-state index in [2.05, 4.69) is 5.32 Å². The molecule has 17 heavy (non-hydrogen) atoms. The zero-order valence-corrected chi connectivity index (χ0v) is 9.82. The van der Waals surface area contributed by atoms with E-state index in [4.69, 9.17) is 10.5 Å². The second kappa shape index (κ2) is 5.68. The van der Waals surface area contributed by atoms with Crippen LogP contribution in [0.2, 0.25) is 0 Å². The molecular formula is C13H18N2O2. The summed E-state index contributed by atoms with van der Waals surface area (Å²) in [5, 5.41) is 2.82. The molecule has 0 heterocycles. The van der Waals surface area contributed by atoms with E-state index in [1.807, 2.05) is 12.1 Å². The fourth-order valence-electron chi connectivity index (χ4n) is 1.75. The zero-order valence-electron chi connectivity index (χ0n) is 9.82. The third-order valence-electron chi connectivity index (χ3n) is 2.99. The minimum atomic E-state index is -0.360. The summed E-state index contributed by atoms with van der Waals surface area (Å²) in [6.45, 7) is 0.627. The molecule has 0 spiro atoms. The molecule has 3 N–H and O–H groups in total. The van der Waals surface area contributed by atoms with Crippen LogP contribution in [0, 0.1) is 0 Å². The Kier molecular flexibility index (Phi) is 3.98. The molecule has 1 fully saturated rings. The van der Waals surface area contributed by atoms with Gasteiger partial charge in [-0.05, 0) is 49.9 Å². The maximum absolute atomic E-state index is 11.5. The van der Waals surface area contributed by atoms with E-state index in [9.17, 15) is 4.79 Å². The summed E-state index contributed by atoms with van der Waals surface area (Å²) >= 11 is 0. The highest BCUT2D eigenvalue weighted by molar-refractivity contribution is 5.70. The monoisotopic (exact) mass is 234 g/mol. The van der Waals surface area contributed by atoms with Crippen LogP contribution in [-0.4, -0.2) is 18.7 Å². The zero-order chi connectivity index (χ0) is 12.1. The van der Waals surface area contributed by atoms with Gasteiger partial charge in [-0.3, -0.25) is 0 Å². The highest BCUT2D eigenvalue weighted by atomic mass is 16.6. The van der Waals surface area contributed by atoms with Crippen LogP contribution in [0.25, 0.3) is 0 Å². The number of nitrogens with two attached hydrogens (primary N) is 1. The van der Waals surface area contributed by atoms with Crippen LogP contribution < -0.4 is 15.8 Å². The second-order valence-corrected chi connectivity index (χ2v) is 4.34. The molecule has 1 aliphatic rings. The molecule has 0 saturated heterocycles. The molecule has 0 aliphatic heterocycles. The Labute approximate surface area is 101 Å². The first-order valence-electron chi connectivity index (χ1n) is 6.05. The van der Waals surface area contributed by atoms with E-state index < -0.39 is 0 Å². The number of rotatable bonds is 4. The number of nitrogens with one attached hydrogen (secondary N) is 1. The fraction of sp³-hybridized carbons (Fsp3) is 0.462. The van der Waals surface area contributed by atoms with Crippen molar-refractivity contribution in [2.45, 2.75) is 31.7 Å². The van der Waals surface area contributed by atoms with Crippen molar-refractivity contribution in [2.24, 2.45) is 5.73 Å². The fourth-order valence-corrected chi connectivity index (χ4v) is 1.75. The molecule has 0 aromatic heterocycles. The van der Waals surface area contributed by atoms with Crippen LogP contribution >= 0.6 is 0 Å². The Bertz CT molecular complexity index is 372. The van der Waals surface area contributed by atoms with Crippen LogP contribution in [-0.2, 0) is 6.42 Å². The number of benzene rings is 1. The topological polar surface area (TPSA) is 64.3 Å². The van der Waals surface area contributed by atoms with Crippen molar-refractivity contribution in [3.63, 3.8) is 0 Å². The van der Waals surface area contributed by atoms with Crippen molar-refractivity contribution in [2.75, 3.05) is 6.54 Å². The molecule has 0 atom stereocenters. The first-order chi connectivity index (χ1) is 8.28. The van der Waals surface area contributed by atoms with Crippen molar-refractivity contribution in [1.82, 2.24) is 5.32 Å². The van der Waals surface area contributed by atoms with E-state index in [-0.39, 0.29) is 6.09 Å². The van der Waals surface area contributed by atoms with E-state index in [0.717, 1.165) is 24.8 Å². The van der Waals surface area contributed by atoms with Crippen LogP contribution in [0.15, 0.2) is 24.3 Å². The average molecular weight is 234 g/mol. The van der Waals surface area contributed by atoms with Crippen LogP contribution in [0.4, 0.5) is 4.79 Å². The molecule has 1 aromatic rings. The lowest BCUT2D eigenvalue weighted by atomic mass is 9.93. The van der Waals surface area contributed by atoms with E-state index in [1.54, 1.807) is 12.1 Å². The van der Waals surface area contributed by atoms with Gasteiger partial charge in [0, 0.05) is 6.04 Å². The van der Waals surface area contributed by atoms with Gasteiger partial charge in [-0.25, -0.2) is 4.79 Å². The molecular weight excluding hydrogens is 216 g/mol. The number of hydrogen-bond acceptors (Lipinski definition) is 3. The number of ether oxygens (including phenoxy) is 1. The molecule has 92 valence electrons. The van der Waals surface area contributed by atoms with Gasteiger partial charge >= 0.3 is 6.09 Å². The summed E-state index contributed by atoms with van der Waals surface area (Å²) in [5.74, 6) is 0.572. The van der Waals surface area contributed by atoms with Gasteiger partial charge in [-0.1, -0.05) is 12.1 Å². The Hall–Kier alpha value is -1.55. The van der Waals surface area contributed by atoms with Crippen molar-refractivity contribution in [1.29, 1.82) is 0 Å². The molecule has 4 heteroatoms. The van der Waals surface area contributed by atoms with Crippen LogP contribution in [0.5, 0.6) is 5.75 Å². The molecule has 1 aromatic carbocycles. The van der Waals surface area contributed by atoms with Crippen molar-refractivity contribution in [3.8, 4) is 5.75 Å². The van der Waals surface area contributed by atoms with Gasteiger partial charge in [0.15, 0.2) is 0 Å². The van der Waals surface area contributed by atoms with Crippen LogP contribution in [0.1, 0.15) is 24.8 Å². The Morgan fingerprint density at radius 3 is 2.59 bits per heavy atom. The normalized spacial score (nSPS) is 15.1. The summed E-state index contributed by atoms with van der Waals surface area (Å²) in [5.41, 5.74) is 6.61. The lowest BCUT2D eigenvalue weighted by molar-refractivity contribution is 0.188. The molecule has 0 bridgehead atoms. The quantitative estimate of drug-likeness (QED) is 0.835. The molecule has 1 saturated carbocycles. The van der Waals surface area contributed by atoms with Gasteiger partial charge < -0.3 is 15.8 Å². The van der Waals surface area contributed by atoms with Crippen molar-refractivity contribution >= 4 is 6.09 Å². The largest absolute Gasteiger partial charge is 0.412 e. The second-order valence-electron chi connectivity index (χ2n) is 4.34. The van der Waals surface area contributed by atoms with E-state index in [1.165, 1.54) is 6.42 Å². The third-order valence-corrected chi connectivity index (χ3v) is 2.99. The first kappa shape index (κ1) is 11.9. The lowest BCUT2D eigenvalue weighted by Crippen LogP contribution is -2.41. The highest BCUT2D eigenvalue weighted by Crippen LogP contribution is 2.18. The van der Waals surface area contributed by atoms with Gasteiger partial charge in [-0.15, -0.1) is 0 Å². The number of carbonyl (C=O) groups excluding carboxylic acids is 1. The molecule has 0 radical (unpaired) electrons. The smallest absolute Gasteiger partial charge is 0.410 e. The Morgan fingerprint density at radius 1 is 1.35 bits per heavy atom. The minimum Gasteiger partial charge on any atom is -0.410 e. The van der Waals surface area contributed by atoms with E-state index in [0.29, 0.717) is 18.3 Å². The third kappa shape index (κ3) is 3.46. The maximum atomic E-state index is 11.5. The summed E-state index contributed by atoms with van der Waals surface area (Å²) in [6.07, 6.45) is 3.80. The predicted octanol–water partition coefficient (Wildman–Crippen LogP) is 1.83. The lowest BCUT2D eigenvalue weighted by Gasteiger charge is -2.25. The summed E-state index contributed by atoms with van der Waals surface area (Å²) < 4.78 is 5.17. The predicted molar refractivity (Wildman–Crippen MR) is 66.0 cm³/mol. The number of amides is 1. The van der Waals surface area contributed by atoms with Gasteiger partial charge in [0.1, 0.15) is 5.75 Å². The SMILES string of the molecule is NCCc1ccc(OC(=O)NC2CCC2)cc1. The molecule has 1 amide bonds. The summed E-state index contributed by atoms with van der Waals surface area (Å²) in [6, 6.07) is 7.76. The Balaban J connectivity index is 1.82. The molecule has 1 aliphatic carbocycles. The molecule has 4 nitrogen and oxygen atoms in total. The van der Waals surface area contributed by atoms with E-state index >= 15 is 0 Å². The van der Waals surface area contributed by atoms with Crippen molar-refractivity contribution < 1.29 is 9.53 Å².